The van der Waals surface area contributed by atoms with Gasteiger partial charge < -0.3 is 0 Å². The molecule has 56 heavy (non-hydrogen) atoms. The van der Waals surface area contributed by atoms with Gasteiger partial charge in [0.25, 0.3) is 0 Å². The fourth-order valence-electron chi connectivity index (χ4n) is 12.8. The maximum atomic E-state index is 2.66. The predicted molar refractivity (Wildman–Crippen MR) is 233 cm³/mol. The van der Waals surface area contributed by atoms with Gasteiger partial charge in [-0.2, -0.15) is 0 Å². The zero-order valence-corrected chi connectivity index (χ0v) is 33.0. The minimum Gasteiger partial charge on any atom is -0.0839 e. The van der Waals surface area contributed by atoms with Crippen LogP contribution in [0.3, 0.4) is 0 Å². The molecule has 0 fully saturated rings. The van der Waals surface area contributed by atoms with Crippen molar-refractivity contribution in [2.75, 3.05) is 0 Å². The molecule has 4 unspecified atom stereocenters. The summed E-state index contributed by atoms with van der Waals surface area (Å²) in [5.74, 6) is 2.04. The smallest absolute Gasteiger partial charge is 0.0128 e. The molecule has 0 heteroatoms. The van der Waals surface area contributed by atoms with E-state index in [9.17, 15) is 0 Å². The molecule has 0 aromatic rings. The van der Waals surface area contributed by atoms with Crippen LogP contribution in [0.15, 0.2) is 210 Å². The Morgan fingerprint density at radius 3 is 0.964 bits per heavy atom. The Morgan fingerprint density at radius 2 is 0.589 bits per heavy atom. The van der Waals surface area contributed by atoms with Gasteiger partial charge in [0, 0.05) is 23.7 Å². The zero-order valence-electron chi connectivity index (χ0n) is 33.0. The van der Waals surface area contributed by atoms with Crippen molar-refractivity contribution in [3.63, 3.8) is 0 Å². The van der Waals surface area contributed by atoms with Crippen LogP contribution in [0, 0.1) is 23.7 Å². The van der Waals surface area contributed by atoms with Crippen molar-refractivity contribution in [3.8, 4) is 0 Å². The minimum atomic E-state index is 0.504. The van der Waals surface area contributed by atoms with Crippen LogP contribution in [-0.2, 0) is 0 Å². The lowest BCUT2D eigenvalue weighted by Gasteiger charge is -2.39. The third-order valence-corrected chi connectivity index (χ3v) is 15.6. The Bertz CT molecular complexity index is 2270. The fraction of sp³-hybridized carbons (Fsp3) is 0.357. The first kappa shape index (κ1) is 33.5. The molecule has 0 heterocycles. The lowest BCUT2D eigenvalue weighted by Crippen LogP contribution is -2.26. The molecule has 12 aliphatic rings. The van der Waals surface area contributed by atoms with Crippen LogP contribution in [0.2, 0.25) is 0 Å². The van der Waals surface area contributed by atoms with Crippen LogP contribution in [0.5, 0.6) is 0 Å². The number of hydrogen-bond acceptors (Lipinski definition) is 0. The largest absolute Gasteiger partial charge is 0.0839 e. The van der Waals surface area contributed by atoms with Crippen molar-refractivity contribution in [1.82, 2.24) is 0 Å². The summed E-state index contributed by atoms with van der Waals surface area (Å²) in [5, 5.41) is 0. The van der Waals surface area contributed by atoms with E-state index in [2.05, 4.69) is 109 Å². The minimum absolute atomic E-state index is 0.504. The van der Waals surface area contributed by atoms with E-state index in [4.69, 9.17) is 0 Å². The molecule has 12 rings (SSSR count). The standard InChI is InChI=1S/C56H54/c1-3-13-49-45(9-1)47-11-5-7-15-51(47)55-33-43(25-27-53(49)55)41-23-21-37-29-35(17-19-39(37)31-41)36-18-20-40-32-42(24-22-38(40)30-36)44-26-28-54-50-14-4-2-10-46(50)48-12-6-8-16-52(48)56(54)34-44/h1-2,5-12,15-16,29-34,47-48,51-52H,3-4,13-14,17-28H2. The number of hydrogen-bond donors (Lipinski definition) is 0. The van der Waals surface area contributed by atoms with Crippen molar-refractivity contribution in [3.05, 3.63) is 210 Å². The van der Waals surface area contributed by atoms with Gasteiger partial charge in [-0.1, -0.05) is 109 Å². The van der Waals surface area contributed by atoms with E-state index in [1.54, 1.807) is 100 Å². The highest BCUT2D eigenvalue weighted by molar-refractivity contribution is 5.64. The van der Waals surface area contributed by atoms with E-state index < -0.39 is 0 Å². The van der Waals surface area contributed by atoms with Crippen LogP contribution in [0.4, 0.5) is 0 Å². The summed E-state index contributed by atoms with van der Waals surface area (Å²) in [6, 6.07) is 0. The summed E-state index contributed by atoms with van der Waals surface area (Å²) in [6.45, 7) is 0. The lowest BCUT2D eigenvalue weighted by atomic mass is 9.65. The summed E-state index contributed by atoms with van der Waals surface area (Å²) in [7, 11) is 0. The van der Waals surface area contributed by atoms with Gasteiger partial charge in [-0.05, 0) is 203 Å². The molecule has 12 aliphatic carbocycles. The number of rotatable bonds is 3. The van der Waals surface area contributed by atoms with Gasteiger partial charge in [-0.25, -0.2) is 0 Å². The molecular formula is C56H54. The van der Waals surface area contributed by atoms with E-state index in [0.29, 0.717) is 23.7 Å². The molecule has 0 saturated carbocycles. The Kier molecular flexibility index (Phi) is 8.05. The van der Waals surface area contributed by atoms with Crippen LogP contribution in [0.25, 0.3) is 0 Å². The van der Waals surface area contributed by atoms with Crippen LogP contribution in [0.1, 0.15) is 103 Å². The Hall–Kier alpha value is -4.68. The third kappa shape index (κ3) is 5.45. The second-order valence-corrected chi connectivity index (χ2v) is 18.4. The highest BCUT2D eigenvalue weighted by Crippen LogP contribution is 2.53. The summed E-state index contributed by atoms with van der Waals surface area (Å²) >= 11 is 0. The second kappa shape index (κ2) is 13.5. The maximum absolute atomic E-state index is 2.66. The highest BCUT2D eigenvalue weighted by Gasteiger charge is 2.38. The molecule has 0 N–H and O–H groups in total. The van der Waals surface area contributed by atoms with Crippen molar-refractivity contribution in [1.29, 1.82) is 0 Å². The van der Waals surface area contributed by atoms with Crippen molar-refractivity contribution in [2.45, 2.75) is 103 Å². The highest BCUT2D eigenvalue weighted by atomic mass is 14.4. The molecule has 0 aromatic heterocycles. The van der Waals surface area contributed by atoms with E-state index in [0.717, 1.165) is 0 Å². The van der Waals surface area contributed by atoms with E-state index in [1.807, 2.05) is 0 Å². The van der Waals surface area contributed by atoms with Crippen LogP contribution >= 0.6 is 0 Å². The second-order valence-electron chi connectivity index (χ2n) is 18.4. The fourth-order valence-corrected chi connectivity index (χ4v) is 12.8. The maximum Gasteiger partial charge on any atom is 0.0128 e. The predicted octanol–water partition coefficient (Wildman–Crippen LogP) is 14.5. The normalized spacial score (nSPS) is 31.3. The zero-order chi connectivity index (χ0) is 36.7. The molecule has 278 valence electrons. The SMILES string of the molecule is C1=CC2C3=C(CCC=C3)C3=C(C=C(C4=CC5=C(C=C(C6=CC7=C(C=C(C8=CC9=C(CC8)C8=C(C=CCC8)C8C=CC=CC98)CC7)CC6)CC5)CC4)CC3)C2C=C1. The lowest BCUT2D eigenvalue weighted by molar-refractivity contribution is 0.577. The molecule has 0 bridgehead atoms. The molecule has 0 radical (unpaired) electrons. The Morgan fingerprint density at radius 1 is 0.286 bits per heavy atom. The van der Waals surface area contributed by atoms with Crippen molar-refractivity contribution in [2.24, 2.45) is 23.7 Å². The summed E-state index contributed by atoms with van der Waals surface area (Å²) in [5.41, 5.74) is 29.5. The molecule has 0 saturated heterocycles. The Balaban J connectivity index is 0.793. The molecule has 0 aromatic carbocycles. The van der Waals surface area contributed by atoms with Gasteiger partial charge in [-0.3, -0.25) is 0 Å². The van der Waals surface area contributed by atoms with Crippen molar-refractivity contribution < 1.29 is 0 Å². The van der Waals surface area contributed by atoms with Crippen LogP contribution in [-0.4, -0.2) is 0 Å². The average Bonchev–Trinajstić information content (AvgIpc) is 3.28. The molecule has 4 atom stereocenters. The molecule has 0 amide bonds. The van der Waals surface area contributed by atoms with Gasteiger partial charge in [0.1, 0.15) is 0 Å². The third-order valence-electron chi connectivity index (χ3n) is 15.6. The molecule has 0 spiro atoms. The van der Waals surface area contributed by atoms with E-state index >= 15 is 0 Å². The first-order chi connectivity index (χ1) is 27.7. The molecular weight excluding hydrogens is 673 g/mol. The summed E-state index contributed by atoms with van der Waals surface area (Å²) in [4.78, 5) is 0. The quantitative estimate of drug-likeness (QED) is 0.272. The van der Waals surface area contributed by atoms with Gasteiger partial charge in [0.15, 0.2) is 0 Å². The average molecular weight is 727 g/mol. The first-order valence-electron chi connectivity index (χ1n) is 22.4. The summed E-state index contributed by atoms with van der Waals surface area (Å²) < 4.78 is 0. The first-order valence-corrected chi connectivity index (χ1v) is 22.4. The summed E-state index contributed by atoms with van der Waals surface area (Å²) in [6.07, 6.45) is 63.8. The van der Waals surface area contributed by atoms with Gasteiger partial charge in [0.2, 0.25) is 0 Å². The monoisotopic (exact) mass is 726 g/mol. The molecule has 0 nitrogen and oxygen atoms in total. The van der Waals surface area contributed by atoms with Crippen LogP contribution < -0.4 is 0 Å². The van der Waals surface area contributed by atoms with Gasteiger partial charge in [-0.15, -0.1) is 0 Å². The number of allylic oxidation sites excluding steroid dienone is 36. The molecule has 0 aliphatic heterocycles. The number of fused-ring (bicyclic) bond motifs is 8. The topological polar surface area (TPSA) is 0 Å². The Labute approximate surface area is 334 Å². The van der Waals surface area contributed by atoms with E-state index in [1.165, 1.54) is 103 Å². The van der Waals surface area contributed by atoms with Gasteiger partial charge in [0.05, 0.1) is 0 Å². The van der Waals surface area contributed by atoms with Gasteiger partial charge >= 0.3 is 0 Å². The van der Waals surface area contributed by atoms with E-state index in [-0.39, 0.29) is 0 Å². The van der Waals surface area contributed by atoms with Crippen molar-refractivity contribution >= 4 is 0 Å².